The zero-order chi connectivity index (χ0) is 11.4. The van der Waals surface area contributed by atoms with Gasteiger partial charge < -0.3 is 4.90 Å². The van der Waals surface area contributed by atoms with E-state index in [0.29, 0.717) is 5.15 Å². The van der Waals surface area contributed by atoms with Gasteiger partial charge in [-0.3, -0.25) is 0 Å². The fourth-order valence-electron chi connectivity index (χ4n) is 1.44. The zero-order valence-corrected chi connectivity index (χ0v) is 10.0. The van der Waals surface area contributed by atoms with Crippen LogP contribution in [0.4, 0.5) is 0 Å². The third kappa shape index (κ3) is 2.65. The Bertz CT molecular complexity index is 437. The Hall–Kier alpha value is -1.25. The molecule has 0 atom stereocenters. The second-order valence-corrected chi connectivity index (χ2v) is 4.69. The molecule has 0 bridgehead atoms. The third-order valence-corrected chi connectivity index (χ3v) is 3.37. The number of hydrogen-bond acceptors (Lipinski definition) is 3. The molecule has 4 nitrogen and oxygen atoms in total. The van der Waals surface area contributed by atoms with E-state index in [-0.39, 0.29) is 0 Å². The Morgan fingerprint density at radius 3 is 3.19 bits per heavy atom. The van der Waals surface area contributed by atoms with E-state index in [1.54, 1.807) is 24.0 Å². The average Bonchev–Trinajstić information content (AvgIpc) is 2.70. The average molecular weight is 253 g/mol. The van der Waals surface area contributed by atoms with Crippen molar-refractivity contribution in [2.24, 2.45) is 5.10 Å². The number of nitrogens with zero attached hydrogens (tertiary/aromatic N) is 4. The summed E-state index contributed by atoms with van der Waals surface area (Å²) in [5.74, 6) is 0.982. The first kappa shape index (κ1) is 11.2. The molecule has 1 saturated heterocycles. The lowest BCUT2D eigenvalue weighted by Crippen LogP contribution is -2.23. The molecule has 0 unspecified atom stereocenters. The quantitative estimate of drug-likeness (QED) is 0.461. The topological polar surface area (TPSA) is 32.9 Å². The first-order valence-electron chi connectivity index (χ1n) is 4.72. The van der Waals surface area contributed by atoms with E-state index in [2.05, 4.69) is 19.9 Å². The Morgan fingerprint density at radius 2 is 2.50 bits per heavy atom. The molecule has 0 N–H and O–H groups in total. The van der Waals surface area contributed by atoms with Crippen LogP contribution in [0.1, 0.15) is 5.56 Å². The van der Waals surface area contributed by atoms with E-state index in [4.69, 9.17) is 18.2 Å². The third-order valence-electron chi connectivity index (χ3n) is 2.16. The largest absolute Gasteiger partial charge is 0.340 e. The summed E-state index contributed by atoms with van der Waals surface area (Å²) in [5.41, 5.74) is 1.07. The Kier molecular flexibility index (Phi) is 3.65. The van der Waals surface area contributed by atoms with Crippen LogP contribution >= 0.6 is 23.4 Å². The van der Waals surface area contributed by atoms with Crippen LogP contribution in [0.5, 0.6) is 0 Å². The van der Waals surface area contributed by atoms with Gasteiger partial charge in [0.25, 0.3) is 0 Å². The predicted octanol–water partition coefficient (Wildman–Crippen LogP) is 2.47. The fourth-order valence-corrected chi connectivity index (χ4v) is 2.48. The molecule has 1 aliphatic rings. The lowest BCUT2D eigenvalue weighted by Gasteiger charge is -2.14. The number of amidine groups is 1. The van der Waals surface area contributed by atoms with Crippen LogP contribution in [0.25, 0.3) is 4.95 Å². The number of halogens is 1. The van der Waals surface area contributed by atoms with Crippen molar-refractivity contribution in [3.63, 3.8) is 0 Å². The first-order valence-corrected chi connectivity index (χ1v) is 6.08. The Labute approximate surface area is 103 Å². The Balaban J connectivity index is 2.07. The molecular formula is C10H9ClN4S. The van der Waals surface area contributed by atoms with Gasteiger partial charge in [0.2, 0.25) is 5.17 Å². The van der Waals surface area contributed by atoms with Gasteiger partial charge in [-0.15, -0.1) is 4.95 Å². The number of rotatable bonds is 2. The van der Waals surface area contributed by atoms with E-state index < -0.39 is 0 Å². The van der Waals surface area contributed by atoms with Gasteiger partial charge in [0.05, 0.1) is 0 Å². The summed E-state index contributed by atoms with van der Waals surface area (Å²) < 4.78 is 0. The summed E-state index contributed by atoms with van der Waals surface area (Å²) in [6.07, 6.45) is 1.75. The van der Waals surface area contributed by atoms with Crippen LogP contribution in [0.3, 0.4) is 0 Å². The van der Waals surface area contributed by atoms with Gasteiger partial charge in [0, 0.05) is 25.0 Å². The van der Waals surface area contributed by atoms with Crippen molar-refractivity contribution in [3.05, 3.63) is 40.6 Å². The molecule has 2 rings (SSSR count). The van der Waals surface area contributed by atoms with Crippen molar-refractivity contribution >= 4 is 28.5 Å². The van der Waals surface area contributed by atoms with Crippen LogP contribution in [0.15, 0.2) is 23.4 Å². The second-order valence-electron chi connectivity index (χ2n) is 3.24. The highest BCUT2D eigenvalue weighted by Crippen LogP contribution is 2.20. The maximum absolute atomic E-state index is 6.73. The number of hydrogen-bond donors (Lipinski definition) is 0. The van der Waals surface area contributed by atoms with Crippen molar-refractivity contribution in [1.82, 2.24) is 9.88 Å². The zero-order valence-electron chi connectivity index (χ0n) is 8.43. The second kappa shape index (κ2) is 5.19. The Morgan fingerprint density at radius 1 is 1.62 bits per heavy atom. The highest BCUT2D eigenvalue weighted by molar-refractivity contribution is 8.14. The molecule has 0 aromatic carbocycles. The van der Waals surface area contributed by atoms with E-state index in [9.17, 15) is 0 Å². The lowest BCUT2D eigenvalue weighted by atomic mass is 10.3. The summed E-state index contributed by atoms with van der Waals surface area (Å²) in [7, 11) is 0. The van der Waals surface area contributed by atoms with E-state index in [1.807, 2.05) is 6.07 Å². The summed E-state index contributed by atoms with van der Waals surface area (Å²) in [5, 5.41) is 5.06. The molecule has 2 heterocycles. The molecule has 0 saturated carbocycles. The van der Waals surface area contributed by atoms with E-state index >= 15 is 0 Å². The van der Waals surface area contributed by atoms with Gasteiger partial charge in [0.15, 0.2) is 0 Å². The molecule has 6 heteroatoms. The van der Waals surface area contributed by atoms with Crippen molar-refractivity contribution in [2.45, 2.75) is 6.54 Å². The monoisotopic (exact) mass is 252 g/mol. The standard InChI is InChI=1S/C10H9ClN4S/c1-12-14-10-15(4-5-16-10)7-8-2-3-9(11)13-6-8/h2-3,6H,4-5,7H2/b14-10-. The fraction of sp³-hybridized carbons (Fsp3) is 0.300. The van der Waals surface area contributed by atoms with E-state index in [0.717, 1.165) is 29.6 Å². The number of thioether (sulfide) groups is 1. The molecule has 0 amide bonds. The SMILES string of the molecule is [C-]#[N+]/N=C1\SCCN1Cc1ccc(Cl)nc1. The number of pyridine rings is 1. The summed E-state index contributed by atoms with van der Waals surface area (Å²) in [4.78, 5) is 9.16. The molecule has 1 aliphatic heterocycles. The van der Waals surface area contributed by atoms with Crippen LogP contribution in [-0.2, 0) is 6.54 Å². The molecule has 16 heavy (non-hydrogen) atoms. The van der Waals surface area contributed by atoms with Gasteiger partial charge in [-0.05, 0) is 11.6 Å². The normalized spacial score (nSPS) is 17.8. The molecule has 82 valence electrons. The van der Waals surface area contributed by atoms with Crippen molar-refractivity contribution in [2.75, 3.05) is 12.3 Å². The summed E-state index contributed by atoms with van der Waals surface area (Å²) in [6, 6.07) is 3.71. The minimum atomic E-state index is 0.495. The molecule has 0 spiro atoms. The maximum Gasteiger partial charge on any atom is 0.247 e. The predicted molar refractivity (Wildman–Crippen MR) is 66.2 cm³/mol. The van der Waals surface area contributed by atoms with Gasteiger partial charge in [-0.25, -0.2) is 4.98 Å². The van der Waals surface area contributed by atoms with Crippen molar-refractivity contribution in [1.29, 1.82) is 0 Å². The van der Waals surface area contributed by atoms with Crippen molar-refractivity contribution < 1.29 is 0 Å². The minimum Gasteiger partial charge on any atom is -0.340 e. The molecule has 1 aromatic heterocycles. The van der Waals surface area contributed by atoms with Gasteiger partial charge >= 0.3 is 0 Å². The van der Waals surface area contributed by atoms with Gasteiger partial charge in [0.1, 0.15) is 10.3 Å². The van der Waals surface area contributed by atoms with Crippen LogP contribution in [0, 0.1) is 6.57 Å². The summed E-state index contributed by atoms with van der Waals surface area (Å²) in [6.45, 7) is 8.38. The first-order chi connectivity index (χ1) is 7.79. The van der Waals surface area contributed by atoms with Gasteiger partial charge in [-0.2, -0.15) is 6.57 Å². The minimum absolute atomic E-state index is 0.495. The smallest absolute Gasteiger partial charge is 0.247 e. The van der Waals surface area contributed by atoms with Crippen molar-refractivity contribution in [3.8, 4) is 0 Å². The molecule has 1 aromatic rings. The molecular weight excluding hydrogens is 244 g/mol. The maximum atomic E-state index is 6.73. The highest BCUT2D eigenvalue weighted by Gasteiger charge is 2.21. The lowest BCUT2D eigenvalue weighted by molar-refractivity contribution is 0.456. The number of aromatic nitrogens is 1. The van der Waals surface area contributed by atoms with Gasteiger partial charge in [-0.1, -0.05) is 29.4 Å². The molecule has 0 aliphatic carbocycles. The highest BCUT2D eigenvalue weighted by atomic mass is 35.5. The van der Waals surface area contributed by atoms with E-state index in [1.165, 1.54) is 0 Å². The van der Waals surface area contributed by atoms with Crippen LogP contribution in [-0.4, -0.2) is 27.3 Å². The van der Waals surface area contributed by atoms with Crippen LogP contribution in [0.2, 0.25) is 5.15 Å². The molecule has 1 fully saturated rings. The summed E-state index contributed by atoms with van der Waals surface area (Å²) >= 11 is 7.33. The van der Waals surface area contributed by atoms with Crippen LogP contribution < -0.4 is 0 Å². The molecule has 0 radical (unpaired) electrons.